The minimum atomic E-state index is -0.963. The van der Waals surface area contributed by atoms with E-state index in [-0.39, 0.29) is 22.6 Å². The number of nitrogens with one attached hydrogen (secondary N) is 1. The summed E-state index contributed by atoms with van der Waals surface area (Å²) in [6.45, 7) is 3.47. The molecule has 2 aromatic heterocycles. The molecule has 0 bridgehead atoms. The number of carbonyl (C=O) groups excluding carboxylic acids is 1. The lowest BCUT2D eigenvalue weighted by molar-refractivity contribution is 0.0594. The number of methoxy groups -OCH3 is 1. The van der Waals surface area contributed by atoms with E-state index < -0.39 is 11.6 Å². The number of H-pyrrole nitrogens is 1. The molecule has 0 unspecified atom stereocenters. The van der Waals surface area contributed by atoms with Gasteiger partial charge in [-0.05, 0) is 32.1 Å². The van der Waals surface area contributed by atoms with E-state index in [1.54, 1.807) is 44.2 Å². The summed E-state index contributed by atoms with van der Waals surface area (Å²) in [5.41, 5.74) is 1.54. The van der Waals surface area contributed by atoms with Crippen molar-refractivity contribution < 1.29 is 14.3 Å². The molecule has 8 nitrogen and oxygen atoms in total. The molecule has 0 saturated heterocycles. The summed E-state index contributed by atoms with van der Waals surface area (Å²) < 4.78 is 10.7. The van der Waals surface area contributed by atoms with Crippen LogP contribution in [0, 0.1) is 34.0 Å². The number of nitriles is 3. The third-order valence-corrected chi connectivity index (χ3v) is 5.39. The quantitative estimate of drug-likeness (QED) is 0.474. The number of fused-ring (bicyclic) bond motifs is 3. The zero-order valence-corrected chi connectivity index (χ0v) is 18.1. The number of esters is 1. The average Bonchev–Trinajstić information content (AvgIpc) is 3.31. The summed E-state index contributed by atoms with van der Waals surface area (Å²) in [6.07, 6.45) is 3.33. The predicted molar refractivity (Wildman–Crippen MR) is 120 cm³/mol. The number of pyridine rings is 1. The first-order valence-corrected chi connectivity index (χ1v) is 9.91. The van der Waals surface area contributed by atoms with E-state index >= 15 is 0 Å². The summed E-state index contributed by atoms with van der Waals surface area (Å²) in [5, 5.41) is 29.9. The maximum atomic E-state index is 12.3. The van der Waals surface area contributed by atoms with Gasteiger partial charge in [-0.2, -0.15) is 15.8 Å². The Kier molecular flexibility index (Phi) is 5.18. The first kappa shape index (κ1) is 21.4. The molecule has 8 heteroatoms. The minimum absolute atomic E-state index is 0.0424. The molecule has 0 aliphatic carbocycles. The van der Waals surface area contributed by atoms with Crippen LogP contribution in [0.5, 0.6) is 0 Å². The van der Waals surface area contributed by atoms with E-state index in [2.05, 4.69) is 9.97 Å². The van der Waals surface area contributed by atoms with Gasteiger partial charge in [-0.1, -0.05) is 24.3 Å². The van der Waals surface area contributed by atoms with Crippen LogP contribution < -0.4 is 0 Å². The molecule has 3 aromatic rings. The summed E-state index contributed by atoms with van der Waals surface area (Å²) in [6, 6.07) is 14.9. The van der Waals surface area contributed by atoms with Crippen LogP contribution in [0.15, 0.2) is 58.9 Å². The van der Waals surface area contributed by atoms with Gasteiger partial charge in [0.2, 0.25) is 0 Å². The zero-order valence-electron chi connectivity index (χ0n) is 18.1. The molecule has 1 aliphatic heterocycles. The third-order valence-electron chi connectivity index (χ3n) is 5.39. The van der Waals surface area contributed by atoms with Crippen LogP contribution in [0.1, 0.15) is 30.0 Å². The molecular formula is C25H17N5O3. The van der Waals surface area contributed by atoms with Crippen molar-refractivity contribution in [3.8, 4) is 18.2 Å². The molecule has 0 spiro atoms. The second-order valence-electron chi connectivity index (χ2n) is 7.75. The maximum Gasteiger partial charge on any atom is 0.356 e. The second kappa shape index (κ2) is 8.00. The number of ether oxygens (including phenoxy) is 2. The van der Waals surface area contributed by atoms with Gasteiger partial charge in [0.05, 0.1) is 18.3 Å². The van der Waals surface area contributed by atoms with Gasteiger partial charge in [0, 0.05) is 21.9 Å². The van der Waals surface area contributed by atoms with Crippen molar-refractivity contribution in [3.05, 3.63) is 70.3 Å². The molecular weight excluding hydrogens is 418 g/mol. The van der Waals surface area contributed by atoms with E-state index in [4.69, 9.17) is 9.47 Å². The molecule has 4 rings (SSSR count). The van der Waals surface area contributed by atoms with Crippen LogP contribution in [-0.2, 0) is 9.47 Å². The Hall–Kier alpha value is -4.87. The van der Waals surface area contributed by atoms with Crippen molar-refractivity contribution in [3.63, 3.8) is 0 Å². The molecule has 0 saturated carbocycles. The third kappa shape index (κ3) is 3.48. The monoisotopic (exact) mass is 435 g/mol. The minimum Gasteiger partial charge on any atom is -0.480 e. The average molecular weight is 435 g/mol. The Bertz CT molecular complexity index is 1530. The number of allylic oxidation sites excluding steroid dienone is 2. The van der Waals surface area contributed by atoms with E-state index in [9.17, 15) is 20.6 Å². The highest BCUT2D eigenvalue weighted by molar-refractivity contribution is 6.10. The lowest BCUT2D eigenvalue weighted by Crippen LogP contribution is -2.20. The van der Waals surface area contributed by atoms with Gasteiger partial charge in [0.1, 0.15) is 35.1 Å². The van der Waals surface area contributed by atoms with Gasteiger partial charge in [-0.3, -0.25) is 0 Å². The number of aromatic nitrogens is 2. The Morgan fingerprint density at radius 1 is 1.15 bits per heavy atom. The van der Waals surface area contributed by atoms with Crippen LogP contribution in [0.25, 0.3) is 27.9 Å². The predicted octanol–water partition coefficient (Wildman–Crippen LogP) is 4.45. The largest absolute Gasteiger partial charge is 0.480 e. The fraction of sp³-hybridized carbons (Fsp3) is 0.160. The van der Waals surface area contributed by atoms with E-state index in [0.29, 0.717) is 16.8 Å². The number of rotatable bonds is 3. The molecule has 1 N–H and O–H groups in total. The fourth-order valence-corrected chi connectivity index (χ4v) is 3.84. The van der Waals surface area contributed by atoms with Crippen LogP contribution in [-0.4, -0.2) is 28.6 Å². The molecule has 160 valence electrons. The zero-order chi connectivity index (χ0) is 23.8. The van der Waals surface area contributed by atoms with Gasteiger partial charge in [0.25, 0.3) is 0 Å². The lowest BCUT2D eigenvalue weighted by Gasteiger charge is -2.20. The van der Waals surface area contributed by atoms with Crippen LogP contribution in [0.4, 0.5) is 0 Å². The first-order chi connectivity index (χ1) is 15.8. The van der Waals surface area contributed by atoms with Gasteiger partial charge >= 0.3 is 5.97 Å². The Balaban J connectivity index is 1.96. The van der Waals surface area contributed by atoms with Gasteiger partial charge < -0.3 is 14.5 Å². The standard InChI is InChI=1S/C25H17N5O3/c1-25(2)18(17(13-28)23(33-25)14(11-26)12-27)8-9-20-22-16(10-21(29-20)24(31)32-3)15-6-4-5-7-19(15)30-22/h4-10,30H,1-3H3/b9-8+. The second-order valence-corrected chi connectivity index (χ2v) is 7.75. The Labute approximate surface area is 189 Å². The Morgan fingerprint density at radius 2 is 1.88 bits per heavy atom. The number of para-hydroxylation sites is 1. The van der Waals surface area contributed by atoms with E-state index in [1.807, 2.05) is 30.3 Å². The van der Waals surface area contributed by atoms with Crippen LogP contribution in [0.2, 0.25) is 0 Å². The summed E-state index contributed by atoms with van der Waals surface area (Å²) in [7, 11) is 1.29. The number of aromatic amines is 1. The summed E-state index contributed by atoms with van der Waals surface area (Å²) >= 11 is 0. The Morgan fingerprint density at radius 3 is 2.55 bits per heavy atom. The molecule has 1 aliphatic rings. The number of benzene rings is 1. The van der Waals surface area contributed by atoms with Gasteiger partial charge in [0.15, 0.2) is 11.3 Å². The topological polar surface area (TPSA) is 136 Å². The molecule has 1 aromatic carbocycles. The van der Waals surface area contributed by atoms with Crippen molar-refractivity contribution in [1.82, 2.24) is 9.97 Å². The number of hydrogen-bond donors (Lipinski definition) is 1. The number of carbonyl (C=O) groups is 1. The van der Waals surface area contributed by atoms with Crippen molar-refractivity contribution in [1.29, 1.82) is 15.8 Å². The van der Waals surface area contributed by atoms with Crippen molar-refractivity contribution >= 4 is 33.9 Å². The van der Waals surface area contributed by atoms with Crippen molar-refractivity contribution in [2.75, 3.05) is 7.11 Å². The first-order valence-electron chi connectivity index (χ1n) is 9.91. The lowest BCUT2D eigenvalue weighted by atomic mass is 9.94. The molecule has 0 atom stereocenters. The summed E-state index contributed by atoms with van der Waals surface area (Å²) in [5.74, 6) is -0.615. The molecule has 0 amide bonds. The number of nitrogens with zero attached hydrogens (tertiary/aromatic N) is 4. The van der Waals surface area contributed by atoms with Crippen LogP contribution in [0.3, 0.4) is 0 Å². The van der Waals surface area contributed by atoms with Crippen LogP contribution >= 0.6 is 0 Å². The van der Waals surface area contributed by atoms with E-state index in [1.165, 1.54) is 7.11 Å². The van der Waals surface area contributed by atoms with E-state index in [0.717, 1.165) is 16.3 Å². The molecule has 33 heavy (non-hydrogen) atoms. The van der Waals surface area contributed by atoms with Crippen molar-refractivity contribution in [2.45, 2.75) is 19.4 Å². The SMILES string of the molecule is COC(=O)c1cc2c([nH]c3ccccc32)c(/C=C/C2=C(C#N)C(=C(C#N)C#N)OC2(C)C)n1. The van der Waals surface area contributed by atoms with Gasteiger partial charge in [-0.25, -0.2) is 9.78 Å². The number of hydrogen-bond acceptors (Lipinski definition) is 7. The van der Waals surface area contributed by atoms with Gasteiger partial charge in [-0.15, -0.1) is 0 Å². The van der Waals surface area contributed by atoms with Crippen molar-refractivity contribution in [2.24, 2.45) is 0 Å². The summed E-state index contributed by atoms with van der Waals surface area (Å²) in [4.78, 5) is 20.0. The normalized spacial score (nSPS) is 14.7. The molecule has 0 fully saturated rings. The maximum absolute atomic E-state index is 12.3. The highest BCUT2D eigenvalue weighted by Gasteiger charge is 2.38. The fourth-order valence-electron chi connectivity index (χ4n) is 3.84. The molecule has 3 heterocycles. The molecule has 0 radical (unpaired) electrons. The highest BCUT2D eigenvalue weighted by Crippen LogP contribution is 2.40. The smallest absolute Gasteiger partial charge is 0.356 e. The highest BCUT2D eigenvalue weighted by atomic mass is 16.5.